The fraction of sp³-hybridized carbons (Fsp3) is 1.00. The molecule has 2 unspecified atom stereocenters. The van der Waals surface area contributed by atoms with Crippen LogP contribution in [0.4, 0.5) is 57.1 Å². The highest BCUT2D eigenvalue weighted by atomic mass is 19.4. The molecule has 1 nitrogen and oxygen atoms in total. The predicted octanol–water partition coefficient (Wildman–Crippen LogP) is 5.50. The average molecular weight is 392 g/mol. The van der Waals surface area contributed by atoms with E-state index in [4.69, 9.17) is 0 Å². The second-order valence-electron chi connectivity index (χ2n) is 4.65. The molecule has 0 heterocycles. The van der Waals surface area contributed by atoms with Gasteiger partial charge in [0.05, 0.1) is 6.10 Å². The van der Waals surface area contributed by atoms with Crippen molar-refractivity contribution in [1.82, 2.24) is 0 Å². The predicted molar refractivity (Wildman–Crippen MR) is 51.6 cm³/mol. The van der Waals surface area contributed by atoms with E-state index in [2.05, 4.69) is 4.74 Å². The van der Waals surface area contributed by atoms with Crippen LogP contribution in [0.2, 0.25) is 0 Å². The smallest absolute Gasteiger partial charge is 0.333 e. The number of hydrogen-bond donors (Lipinski definition) is 0. The molecule has 0 bridgehead atoms. The molecule has 2 atom stereocenters. The van der Waals surface area contributed by atoms with Gasteiger partial charge in [0.15, 0.2) is 0 Å². The van der Waals surface area contributed by atoms with Gasteiger partial charge in [0.1, 0.15) is 0 Å². The summed E-state index contributed by atoms with van der Waals surface area (Å²) in [6.07, 6.45) is -17.6. The van der Waals surface area contributed by atoms with E-state index in [1.54, 1.807) is 0 Å². The van der Waals surface area contributed by atoms with Crippen LogP contribution in [-0.2, 0) is 4.74 Å². The van der Waals surface area contributed by atoms with Gasteiger partial charge in [0, 0.05) is 0 Å². The van der Waals surface area contributed by atoms with Crippen LogP contribution >= 0.6 is 0 Å². The minimum Gasteiger partial charge on any atom is -0.333 e. The maximum Gasteiger partial charge on any atom is 0.460 e. The van der Waals surface area contributed by atoms with Gasteiger partial charge in [-0.15, -0.1) is 0 Å². The second kappa shape index (κ2) is 6.09. The fourth-order valence-corrected chi connectivity index (χ4v) is 1.27. The van der Waals surface area contributed by atoms with E-state index >= 15 is 0 Å². The van der Waals surface area contributed by atoms with Crippen LogP contribution < -0.4 is 0 Å². The van der Waals surface area contributed by atoms with Gasteiger partial charge in [-0.25, -0.2) is 0 Å². The van der Waals surface area contributed by atoms with Crippen LogP contribution in [-0.4, -0.2) is 42.1 Å². The summed E-state index contributed by atoms with van der Waals surface area (Å²) in [4.78, 5) is 0. The Bertz CT molecular complexity index is 437. The summed E-state index contributed by atoms with van der Waals surface area (Å²) in [6, 6.07) is 0. The molecule has 24 heavy (non-hydrogen) atoms. The van der Waals surface area contributed by atoms with Gasteiger partial charge in [0.2, 0.25) is 0 Å². The lowest BCUT2D eigenvalue weighted by Gasteiger charge is -2.43. The third kappa shape index (κ3) is 3.25. The summed E-state index contributed by atoms with van der Waals surface area (Å²) < 4.78 is 168. The van der Waals surface area contributed by atoms with Gasteiger partial charge >= 0.3 is 36.0 Å². The quantitative estimate of drug-likeness (QED) is 0.543. The highest BCUT2D eigenvalue weighted by Gasteiger charge is 2.91. The number of alkyl halides is 13. The normalized spacial score (nSPS) is 19.1. The van der Waals surface area contributed by atoms with E-state index in [1.165, 1.54) is 0 Å². The fourth-order valence-electron chi connectivity index (χ4n) is 1.27. The van der Waals surface area contributed by atoms with E-state index in [9.17, 15) is 57.1 Å². The molecule has 146 valence electrons. The molecule has 14 heteroatoms. The minimum atomic E-state index is -7.61. The van der Waals surface area contributed by atoms with E-state index in [1.807, 2.05) is 0 Å². The maximum absolute atomic E-state index is 13.9. The van der Waals surface area contributed by atoms with Crippen molar-refractivity contribution < 1.29 is 61.8 Å². The molecule has 0 N–H and O–H groups in total. The lowest BCUT2D eigenvalue weighted by Crippen LogP contribution is -2.72. The lowest BCUT2D eigenvalue weighted by atomic mass is 9.95. The van der Waals surface area contributed by atoms with E-state index in [-0.39, 0.29) is 0 Å². The van der Waals surface area contributed by atoms with Crippen LogP contribution in [0.5, 0.6) is 0 Å². The van der Waals surface area contributed by atoms with Crippen molar-refractivity contribution in [3.63, 3.8) is 0 Å². The summed E-state index contributed by atoms with van der Waals surface area (Å²) >= 11 is 0. The lowest BCUT2D eigenvalue weighted by molar-refractivity contribution is -0.480. The van der Waals surface area contributed by atoms with E-state index in [0.29, 0.717) is 6.92 Å². The standard InChI is InChI=1S/C10H9F13O/c1-3-4(2)24-8(17,7(15,16)10(21,22)23)5(11,12)6(13,14)9(18,19)20/h4H,3H2,1-2H3. The first kappa shape index (κ1) is 23.1. The monoisotopic (exact) mass is 392 g/mol. The zero-order chi connectivity index (χ0) is 20.0. The highest BCUT2D eigenvalue weighted by Crippen LogP contribution is 2.60. The number of ether oxygens (including phenoxy) is 1. The van der Waals surface area contributed by atoms with Crippen LogP contribution in [0.3, 0.4) is 0 Å². The molecule has 0 aliphatic rings. The Morgan fingerprint density at radius 2 is 0.958 bits per heavy atom. The van der Waals surface area contributed by atoms with Crippen molar-refractivity contribution in [2.24, 2.45) is 0 Å². The molecule has 0 saturated carbocycles. The average Bonchev–Trinajstić information content (AvgIpc) is 2.34. The van der Waals surface area contributed by atoms with Crippen LogP contribution in [0, 0.1) is 0 Å². The summed E-state index contributed by atoms with van der Waals surface area (Å²) in [5.41, 5.74) is 0. The van der Waals surface area contributed by atoms with E-state index < -0.39 is 48.5 Å². The summed E-state index contributed by atoms with van der Waals surface area (Å²) in [5, 5.41) is 0. The van der Waals surface area contributed by atoms with Gasteiger partial charge in [-0.3, -0.25) is 0 Å². The largest absolute Gasteiger partial charge is 0.460 e. The third-order valence-corrected chi connectivity index (χ3v) is 2.85. The number of rotatable bonds is 6. The first-order valence-corrected chi connectivity index (χ1v) is 5.84. The molecule has 0 aromatic heterocycles. The zero-order valence-corrected chi connectivity index (χ0v) is 11.6. The van der Waals surface area contributed by atoms with E-state index in [0.717, 1.165) is 6.92 Å². The van der Waals surface area contributed by atoms with Crippen molar-refractivity contribution in [2.45, 2.75) is 62.3 Å². The molecule has 0 aromatic carbocycles. The molecule has 0 aliphatic heterocycles. The maximum atomic E-state index is 13.9. The minimum absolute atomic E-state index is 0.419. The zero-order valence-electron chi connectivity index (χ0n) is 11.6. The summed E-state index contributed by atoms with van der Waals surface area (Å²) in [6.45, 7) is 1.29. The van der Waals surface area contributed by atoms with Gasteiger partial charge in [-0.05, 0) is 13.3 Å². The van der Waals surface area contributed by atoms with Gasteiger partial charge < -0.3 is 4.74 Å². The number of halogens is 13. The topological polar surface area (TPSA) is 9.23 Å². The van der Waals surface area contributed by atoms with Gasteiger partial charge in [-0.2, -0.15) is 57.1 Å². The summed E-state index contributed by atoms with van der Waals surface area (Å²) in [7, 11) is 0. The molecule has 0 fully saturated rings. The molecule has 0 aromatic rings. The van der Waals surface area contributed by atoms with Crippen molar-refractivity contribution in [3.05, 3.63) is 0 Å². The Hall–Kier alpha value is -0.950. The Labute approximate surface area is 125 Å². The van der Waals surface area contributed by atoms with Gasteiger partial charge in [-0.1, -0.05) is 6.92 Å². The first-order valence-electron chi connectivity index (χ1n) is 5.84. The molecule has 0 rings (SSSR count). The highest BCUT2D eigenvalue weighted by molar-refractivity contribution is 5.09. The summed E-state index contributed by atoms with van der Waals surface area (Å²) in [5.74, 6) is -29.6. The van der Waals surface area contributed by atoms with Crippen LogP contribution in [0.25, 0.3) is 0 Å². The van der Waals surface area contributed by atoms with Crippen molar-refractivity contribution in [2.75, 3.05) is 0 Å². The Morgan fingerprint density at radius 1 is 0.625 bits per heavy atom. The van der Waals surface area contributed by atoms with Gasteiger partial charge in [0.25, 0.3) is 0 Å². The Kier molecular flexibility index (Phi) is 5.85. The molecule has 0 spiro atoms. The van der Waals surface area contributed by atoms with Crippen molar-refractivity contribution in [3.8, 4) is 0 Å². The third-order valence-electron chi connectivity index (χ3n) is 2.85. The Morgan fingerprint density at radius 3 is 1.21 bits per heavy atom. The molecule has 0 amide bonds. The Balaban J connectivity index is 6.55. The van der Waals surface area contributed by atoms with Crippen molar-refractivity contribution >= 4 is 0 Å². The van der Waals surface area contributed by atoms with Crippen molar-refractivity contribution in [1.29, 1.82) is 0 Å². The molecule has 0 saturated heterocycles. The van der Waals surface area contributed by atoms with Crippen LogP contribution in [0.1, 0.15) is 20.3 Å². The molecular weight excluding hydrogens is 383 g/mol. The van der Waals surface area contributed by atoms with Crippen LogP contribution in [0.15, 0.2) is 0 Å². The number of hydrogen-bond acceptors (Lipinski definition) is 1. The second-order valence-corrected chi connectivity index (χ2v) is 4.65. The first-order chi connectivity index (χ1) is 10.2. The molecular formula is C10H9F13O. The molecule has 0 aliphatic carbocycles. The molecule has 0 radical (unpaired) electrons. The SMILES string of the molecule is CCC(C)OC(F)(C(F)(F)C(F)(F)F)C(F)(F)C(F)(F)C(F)(F)F.